The maximum atomic E-state index is 4.10. The summed E-state index contributed by atoms with van der Waals surface area (Å²) >= 11 is 3.40. The number of pyridine rings is 1. The molecule has 1 aromatic rings. The number of halogens is 1. The van der Waals surface area contributed by atoms with Crippen molar-refractivity contribution in [2.75, 3.05) is 11.9 Å². The first-order valence-corrected chi connectivity index (χ1v) is 5.32. The zero-order valence-corrected chi connectivity index (χ0v) is 9.26. The van der Waals surface area contributed by atoms with E-state index in [1.807, 2.05) is 6.20 Å². The van der Waals surface area contributed by atoms with Crippen molar-refractivity contribution in [1.82, 2.24) is 4.98 Å². The molecule has 2 rings (SSSR count). The summed E-state index contributed by atoms with van der Waals surface area (Å²) in [5.41, 5.74) is 1.64. The molecule has 0 radical (unpaired) electrons. The first-order valence-electron chi connectivity index (χ1n) is 4.52. The quantitative estimate of drug-likeness (QED) is 0.879. The summed E-state index contributed by atoms with van der Waals surface area (Å²) in [6.07, 6.45) is 6.35. The largest absolute Gasteiger partial charge is 0.383 e. The third-order valence-corrected chi connectivity index (χ3v) is 2.96. The highest BCUT2D eigenvalue weighted by molar-refractivity contribution is 9.10. The molecule has 0 aromatic carbocycles. The molecule has 1 aliphatic carbocycles. The number of nitrogens with one attached hydrogen (secondary N) is 1. The molecule has 1 aromatic heterocycles. The molecule has 1 fully saturated rings. The second kappa shape index (κ2) is 3.29. The van der Waals surface area contributed by atoms with Crippen LogP contribution in [-0.4, -0.2) is 11.5 Å². The van der Waals surface area contributed by atoms with Crippen molar-refractivity contribution in [3.8, 4) is 0 Å². The Morgan fingerprint density at radius 3 is 2.92 bits per heavy atom. The average Bonchev–Trinajstić information content (AvgIpc) is 2.82. The van der Waals surface area contributed by atoms with Crippen molar-refractivity contribution in [3.63, 3.8) is 0 Å². The topological polar surface area (TPSA) is 24.9 Å². The summed E-state index contributed by atoms with van der Waals surface area (Å²) in [7, 11) is 0. The van der Waals surface area contributed by atoms with Gasteiger partial charge in [0.2, 0.25) is 0 Å². The van der Waals surface area contributed by atoms with Gasteiger partial charge in [-0.25, -0.2) is 0 Å². The van der Waals surface area contributed by atoms with Gasteiger partial charge in [0.15, 0.2) is 0 Å². The van der Waals surface area contributed by atoms with E-state index >= 15 is 0 Å². The average molecular weight is 241 g/mol. The van der Waals surface area contributed by atoms with E-state index in [1.165, 1.54) is 12.8 Å². The monoisotopic (exact) mass is 240 g/mol. The fourth-order valence-electron chi connectivity index (χ4n) is 1.21. The molecule has 1 aliphatic rings. The molecule has 0 aliphatic heterocycles. The minimum absolute atomic E-state index is 0.544. The Morgan fingerprint density at radius 1 is 1.54 bits per heavy atom. The number of anilines is 1. The first kappa shape index (κ1) is 9.00. The number of hydrogen-bond donors (Lipinski definition) is 1. The fourth-order valence-corrected chi connectivity index (χ4v) is 1.58. The van der Waals surface area contributed by atoms with Crippen LogP contribution in [0.3, 0.4) is 0 Å². The summed E-state index contributed by atoms with van der Waals surface area (Å²) in [5, 5.41) is 3.40. The number of rotatable bonds is 3. The van der Waals surface area contributed by atoms with Crippen molar-refractivity contribution in [3.05, 3.63) is 22.9 Å². The van der Waals surface area contributed by atoms with E-state index in [-0.39, 0.29) is 0 Å². The Bertz CT molecular complexity index is 308. The van der Waals surface area contributed by atoms with Crippen molar-refractivity contribution in [2.45, 2.75) is 19.8 Å². The normalized spacial score (nSPS) is 18.3. The predicted octanol–water partition coefficient (Wildman–Crippen LogP) is 3.06. The summed E-state index contributed by atoms with van der Waals surface area (Å²) in [6, 6.07) is 2.05. The number of hydrogen-bond acceptors (Lipinski definition) is 2. The van der Waals surface area contributed by atoms with Crippen LogP contribution in [0.1, 0.15) is 19.8 Å². The summed E-state index contributed by atoms with van der Waals surface area (Å²) < 4.78 is 1.03. The van der Waals surface area contributed by atoms with Gasteiger partial charge in [-0.3, -0.25) is 4.98 Å². The summed E-state index contributed by atoms with van der Waals surface area (Å²) in [6.45, 7) is 3.37. The molecule has 1 N–H and O–H groups in total. The highest BCUT2D eigenvalue weighted by Crippen LogP contribution is 2.44. The molecule has 0 bridgehead atoms. The molecule has 0 atom stereocenters. The molecule has 13 heavy (non-hydrogen) atoms. The van der Waals surface area contributed by atoms with E-state index in [2.05, 4.69) is 39.2 Å². The van der Waals surface area contributed by atoms with Crippen LogP contribution in [0.5, 0.6) is 0 Å². The summed E-state index contributed by atoms with van der Waals surface area (Å²) in [4.78, 5) is 4.10. The van der Waals surface area contributed by atoms with Crippen molar-refractivity contribution in [2.24, 2.45) is 5.41 Å². The zero-order chi connectivity index (χ0) is 9.31. The van der Waals surface area contributed by atoms with Gasteiger partial charge in [-0.1, -0.05) is 6.92 Å². The van der Waals surface area contributed by atoms with Gasteiger partial charge in [0.05, 0.1) is 11.9 Å². The van der Waals surface area contributed by atoms with E-state index in [4.69, 9.17) is 0 Å². The number of nitrogens with zero attached hydrogens (tertiary/aromatic N) is 1. The standard InChI is InChI=1S/C10H13BrN2/c1-10(2-3-10)7-13-9-4-8(11)5-12-6-9/h4-6,13H,2-3,7H2,1H3. The Labute approximate surface area is 86.9 Å². The van der Waals surface area contributed by atoms with Gasteiger partial charge in [-0.15, -0.1) is 0 Å². The van der Waals surface area contributed by atoms with Crippen LogP contribution in [-0.2, 0) is 0 Å². The zero-order valence-electron chi connectivity index (χ0n) is 7.68. The summed E-state index contributed by atoms with van der Waals surface area (Å²) in [5.74, 6) is 0. The maximum absolute atomic E-state index is 4.10. The Morgan fingerprint density at radius 2 is 2.31 bits per heavy atom. The predicted molar refractivity (Wildman–Crippen MR) is 57.8 cm³/mol. The van der Waals surface area contributed by atoms with Crippen LogP contribution in [0, 0.1) is 5.41 Å². The molecule has 70 valence electrons. The molecule has 1 saturated carbocycles. The van der Waals surface area contributed by atoms with E-state index in [9.17, 15) is 0 Å². The van der Waals surface area contributed by atoms with Gasteiger partial charge in [0, 0.05) is 17.2 Å². The lowest BCUT2D eigenvalue weighted by Crippen LogP contribution is -2.11. The first-order chi connectivity index (χ1) is 6.18. The van der Waals surface area contributed by atoms with E-state index in [1.54, 1.807) is 6.20 Å². The van der Waals surface area contributed by atoms with E-state index in [0.717, 1.165) is 16.7 Å². The van der Waals surface area contributed by atoms with Crippen LogP contribution < -0.4 is 5.32 Å². The lowest BCUT2D eigenvalue weighted by atomic mass is 10.1. The van der Waals surface area contributed by atoms with Crippen molar-refractivity contribution < 1.29 is 0 Å². The van der Waals surface area contributed by atoms with Gasteiger partial charge >= 0.3 is 0 Å². The number of aromatic nitrogens is 1. The molecule has 0 unspecified atom stereocenters. The minimum Gasteiger partial charge on any atom is -0.383 e. The second-order valence-corrected chi connectivity index (χ2v) is 4.97. The maximum Gasteiger partial charge on any atom is 0.0538 e. The molecule has 2 nitrogen and oxygen atoms in total. The van der Waals surface area contributed by atoms with E-state index < -0.39 is 0 Å². The highest BCUT2D eigenvalue weighted by atomic mass is 79.9. The molecule has 0 amide bonds. The minimum atomic E-state index is 0.544. The fraction of sp³-hybridized carbons (Fsp3) is 0.500. The van der Waals surface area contributed by atoms with Gasteiger partial charge in [-0.2, -0.15) is 0 Å². The van der Waals surface area contributed by atoms with Crippen molar-refractivity contribution >= 4 is 21.6 Å². The van der Waals surface area contributed by atoms with Gasteiger partial charge in [0.1, 0.15) is 0 Å². The third-order valence-electron chi connectivity index (χ3n) is 2.53. The van der Waals surface area contributed by atoms with Crippen LogP contribution in [0.2, 0.25) is 0 Å². The molecule has 3 heteroatoms. The SMILES string of the molecule is CC1(CNc2cncc(Br)c2)CC1. The second-order valence-electron chi connectivity index (χ2n) is 4.06. The van der Waals surface area contributed by atoms with Crippen LogP contribution in [0.15, 0.2) is 22.9 Å². The van der Waals surface area contributed by atoms with Crippen LogP contribution in [0.25, 0.3) is 0 Å². The molecule has 0 saturated heterocycles. The lowest BCUT2D eigenvalue weighted by Gasteiger charge is -2.10. The van der Waals surface area contributed by atoms with Crippen LogP contribution in [0.4, 0.5) is 5.69 Å². The Balaban J connectivity index is 1.94. The molecular weight excluding hydrogens is 228 g/mol. The molecule has 0 spiro atoms. The van der Waals surface area contributed by atoms with Gasteiger partial charge < -0.3 is 5.32 Å². The van der Waals surface area contributed by atoms with Gasteiger partial charge in [0.25, 0.3) is 0 Å². The van der Waals surface area contributed by atoms with Crippen LogP contribution >= 0.6 is 15.9 Å². The lowest BCUT2D eigenvalue weighted by molar-refractivity contribution is 0.610. The van der Waals surface area contributed by atoms with Crippen molar-refractivity contribution in [1.29, 1.82) is 0 Å². The third kappa shape index (κ3) is 2.44. The van der Waals surface area contributed by atoms with Gasteiger partial charge in [-0.05, 0) is 40.3 Å². The smallest absolute Gasteiger partial charge is 0.0538 e. The molecular formula is C10H13BrN2. The molecule has 1 heterocycles. The highest BCUT2D eigenvalue weighted by Gasteiger charge is 2.36. The van der Waals surface area contributed by atoms with E-state index in [0.29, 0.717) is 5.41 Å². The Hall–Kier alpha value is -0.570. The Kier molecular flexibility index (Phi) is 2.28.